The van der Waals surface area contributed by atoms with Crippen LogP contribution in [-0.2, 0) is 9.53 Å². The van der Waals surface area contributed by atoms with Crippen LogP contribution >= 0.6 is 0 Å². The number of rotatable bonds is 3. The Hall–Kier alpha value is -2.66. The van der Waals surface area contributed by atoms with Crippen molar-refractivity contribution in [3.63, 3.8) is 0 Å². The van der Waals surface area contributed by atoms with Crippen LogP contribution in [0.5, 0.6) is 0 Å². The van der Waals surface area contributed by atoms with Gasteiger partial charge in [-0.1, -0.05) is 36.4 Å². The summed E-state index contributed by atoms with van der Waals surface area (Å²) in [6.07, 6.45) is 3.19. The molecule has 2 aromatic rings. The van der Waals surface area contributed by atoms with Gasteiger partial charge in [0.1, 0.15) is 11.9 Å². The van der Waals surface area contributed by atoms with Crippen LogP contribution in [0, 0.1) is 0 Å². The Morgan fingerprint density at radius 2 is 2.04 bits per heavy atom. The Kier molecular flexibility index (Phi) is 4.68. The molecule has 5 heteroatoms. The van der Waals surface area contributed by atoms with Crippen molar-refractivity contribution in [2.24, 2.45) is 0 Å². The number of benzene rings is 1. The molecule has 23 heavy (non-hydrogen) atoms. The number of nitrogens with two attached hydrogens (primary N) is 1. The summed E-state index contributed by atoms with van der Waals surface area (Å²) in [5.41, 5.74) is 7.48. The lowest BCUT2D eigenvalue weighted by atomic mass is 10.1. The summed E-state index contributed by atoms with van der Waals surface area (Å²) in [6.45, 7) is 1.55. The first-order chi connectivity index (χ1) is 11.2. The number of carbonyl (C=O) groups excluding carboxylic acids is 1. The normalized spacial score (nSPS) is 18.3. The summed E-state index contributed by atoms with van der Waals surface area (Å²) >= 11 is 0. The highest BCUT2D eigenvalue weighted by Gasteiger charge is 2.25. The van der Waals surface area contributed by atoms with E-state index in [0.717, 1.165) is 11.3 Å². The van der Waals surface area contributed by atoms with Gasteiger partial charge in [0.25, 0.3) is 0 Å². The maximum absolute atomic E-state index is 12.4. The Labute approximate surface area is 135 Å². The quantitative estimate of drug-likeness (QED) is 0.883. The Morgan fingerprint density at radius 3 is 2.83 bits per heavy atom. The van der Waals surface area contributed by atoms with E-state index in [1.807, 2.05) is 48.5 Å². The number of morpholine rings is 1. The van der Waals surface area contributed by atoms with Gasteiger partial charge >= 0.3 is 0 Å². The number of carbonyl (C=O) groups is 1. The van der Waals surface area contributed by atoms with E-state index in [4.69, 9.17) is 10.5 Å². The van der Waals surface area contributed by atoms with Gasteiger partial charge in [-0.15, -0.1) is 0 Å². The maximum atomic E-state index is 12.4. The average Bonchev–Trinajstić information content (AvgIpc) is 2.61. The number of hydrogen-bond donors (Lipinski definition) is 1. The van der Waals surface area contributed by atoms with Crippen molar-refractivity contribution >= 4 is 17.8 Å². The van der Waals surface area contributed by atoms with Crippen molar-refractivity contribution < 1.29 is 9.53 Å². The van der Waals surface area contributed by atoms with Crippen molar-refractivity contribution in [2.75, 3.05) is 25.4 Å². The summed E-state index contributed by atoms with van der Waals surface area (Å²) in [5.74, 6) is 0.435. The molecule has 1 fully saturated rings. The number of ether oxygens (including phenoxy) is 1. The molecule has 2 heterocycles. The third-order valence-corrected chi connectivity index (χ3v) is 3.72. The highest BCUT2D eigenvalue weighted by atomic mass is 16.5. The molecule has 1 aromatic carbocycles. The Balaban J connectivity index is 1.66. The van der Waals surface area contributed by atoms with Crippen LogP contribution in [-0.4, -0.2) is 35.5 Å². The molecule has 0 radical (unpaired) electrons. The standard InChI is InChI=1S/C18H19N3O2/c19-17-8-4-7-15(20-17)16-13-21(11-12-23-16)18(22)10-9-14-5-2-1-3-6-14/h1-10,16H,11-13H2,(H2,19,20)/b10-9+/t16-/m1/s1. The Bertz CT molecular complexity index is 700. The predicted molar refractivity (Wildman–Crippen MR) is 89.4 cm³/mol. The smallest absolute Gasteiger partial charge is 0.246 e. The van der Waals surface area contributed by atoms with E-state index >= 15 is 0 Å². The predicted octanol–water partition coefficient (Wildman–Crippen LogP) is 2.28. The summed E-state index contributed by atoms with van der Waals surface area (Å²) in [5, 5.41) is 0. The molecule has 1 aromatic heterocycles. The monoisotopic (exact) mass is 309 g/mol. The van der Waals surface area contributed by atoms with Crippen LogP contribution in [0.25, 0.3) is 6.08 Å². The van der Waals surface area contributed by atoms with Gasteiger partial charge in [0.05, 0.1) is 18.8 Å². The van der Waals surface area contributed by atoms with E-state index in [1.54, 1.807) is 17.0 Å². The number of nitrogen functional groups attached to an aromatic ring is 1. The van der Waals surface area contributed by atoms with E-state index in [-0.39, 0.29) is 12.0 Å². The fourth-order valence-electron chi connectivity index (χ4n) is 2.51. The van der Waals surface area contributed by atoms with Gasteiger partial charge in [0.15, 0.2) is 0 Å². The molecule has 2 N–H and O–H groups in total. The summed E-state index contributed by atoms with van der Waals surface area (Å²) in [4.78, 5) is 18.4. The van der Waals surface area contributed by atoms with Gasteiger partial charge in [-0.25, -0.2) is 4.98 Å². The number of nitrogens with zero attached hydrogens (tertiary/aromatic N) is 2. The van der Waals surface area contributed by atoms with Crippen molar-refractivity contribution in [2.45, 2.75) is 6.10 Å². The van der Waals surface area contributed by atoms with E-state index in [0.29, 0.717) is 25.5 Å². The molecule has 1 amide bonds. The van der Waals surface area contributed by atoms with Gasteiger partial charge in [-0.2, -0.15) is 0 Å². The van der Waals surface area contributed by atoms with Crippen LogP contribution in [0.2, 0.25) is 0 Å². The van der Waals surface area contributed by atoms with E-state index in [1.165, 1.54) is 0 Å². The minimum Gasteiger partial charge on any atom is -0.384 e. The number of anilines is 1. The molecular weight excluding hydrogens is 290 g/mol. The fraction of sp³-hybridized carbons (Fsp3) is 0.222. The number of hydrogen-bond acceptors (Lipinski definition) is 4. The van der Waals surface area contributed by atoms with Crippen molar-refractivity contribution in [3.05, 3.63) is 65.9 Å². The molecule has 1 atom stereocenters. The third kappa shape index (κ3) is 3.96. The number of pyridine rings is 1. The maximum Gasteiger partial charge on any atom is 0.246 e. The first-order valence-corrected chi connectivity index (χ1v) is 7.58. The molecule has 118 valence electrons. The zero-order valence-corrected chi connectivity index (χ0v) is 12.8. The largest absolute Gasteiger partial charge is 0.384 e. The summed E-state index contributed by atoms with van der Waals surface area (Å²) in [7, 11) is 0. The molecule has 1 aliphatic heterocycles. The lowest BCUT2D eigenvalue weighted by Crippen LogP contribution is -2.41. The van der Waals surface area contributed by atoms with Crippen LogP contribution in [0.3, 0.4) is 0 Å². The molecule has 0 saturated carbocycles. The van der Waals surface area contributed by atoms with Crippen LogP contribution in [0.1, 0.15) is 17.4 Å². The lowest BCUT2D eigenvalue weighted by Gasteiger charge is -2.32. The first kappa shape index (κ1) is 15.2. The molecular formula is C18H19N3O2. The van der Waals surface area contributed by atoms with Crippen LogP contribution in [0.15, 0.2) is 54.6 Å². The minimum absolute atomic E-state index is 0.0222. The topological polar surface area (TPSA) is 68.5 Å². The van der Waals surface area contributed by atoms with Crippen molar-refractivity contribution in [3.8, 4) is 0 Å². The molecule has 1 saturated heterocycles. The zero-order valence-electron chi connectivity index (χ0n) is 12.8. The van der Waals surface area contributed by atoms with E-state index < -0.39 is 0 Å². The molecule has 0 unspecified atom stereocenters. The highest BCUT2D eigenvalue weighted by Crippen LogP contribution is 2.21. The lowest BCUT2D eigenvalue weighted by molar-refractivity contribution is -0.133. The van der Waals surface area contributed by atoms with Gasteiger partial charge in [0, 0.05) is 12.6 Å². The third-order valence-electron chi connectivity index (χ3n) is 3.72. The molecule has 0 bridgehead atoms. The van der Waals surface area contributed by atoms with Crippen LogP contribution < -0.4 is 5.73 Å². The van der Waals surface area contributed by atoms with Crippen LogP contribution in [0.4, 0.5) is 5.82 Å². The number of aromatic nitrogens is 1. The van der Waals surface area contributed by atoms with Gasteiger partial charge in [-0.3, -0.25) is 4.79 Å². The Morgan fingerprint density at radius 1 is 1.22 bits per heavy atom. The van der Waals surface area contributed by atoms with Crippen molar-refractivity contribution in [1.29, 1.82) is 0 Å². The number of amides is 1. The van der Waals surface area contributed by atoms with E-state index in [9.17, 15) is 4.79 Å². The minimum atomic E-state index is -0.235. The van der Waals surface area contributed by atoms with Gasteiger partial charge in [-0.05, 0) is 23.8 Å². The molecule has 0 aliphatic carbocycles. The van der Waals surface area contributed by atoms with Gasteiger partial charge in [0.2, 0.25) is 5.91 Å². The summed E-state index contributed by atoms with van der Waals surface area (Å²) < 4.78 is 5.73. The molecule has 1 aliphatic rings. The van der Waals surface area contributed by atoms with Crippen molar-refractivity contribution in [1.82, 2.24) is 9.88 Å². The zero-order chi connectivity index (χ0) is 16.1. The highest BCUT2D eigenvalue weighted by molar-refractivity contribution is 5.91. The molecule has 5 nitrogen and oxygen atoms in total. The second-order valence-corrected chi connectivity index (χ2v) is 5.38. The molecule has 3 rings (SSSR count). The SMILES string of the molecule is Nc1cccc([C@H]2CN(C(=O)/C=C/c3ccccc3)CCO2)n1. The first-order valence-electron chi connectivity index (χ1n) is 7.58. The van der Waals surface area contributed by atoms with E-state index in [2.05, 4.69) is 4.98 Å². The fourth-order valence-corrected chi connectivity index (χ4v) is 2.51. The molecule has 0 spiro atoms. The second kappa shape index (κ2) is 7.07. The van der Waals surface area contributed by atoms with Gasteiger partial charge < -0.3 is 15.4 Å². The summed E-state index contributed by atoms with van der Waals surface area (Å²) in [6, 6.07) is 15.2. The second-order valence-electron chi connectivity index (χ2n) is 5.38. The average molecular weight is 309 g/mol.